The van der Waals surface area contributed by atoms with E-state index in [4.69, 9.17) is 16.3 Å². The van der Waals surface area contributed by atoms with E-state index in [0.717, 1.165) is 36.6 Å². The maximum Gasteiger partial charge on any atom is 0.315 e. The van der Waals surface area contributed by atoms with Crippen LogP contribution in [0.15, 0.2) is 42.6 Å². The molecule has 6 nitrogen and oxygen atoms in total. The van der Waals surface area contributed by atoms with Gasteiger partial charge in [-0.25, -0.2) is 9.78 Å². The largest absolute Gasteiger partial charge is 0.375 e. The van der Waals surface area contributed by atoms with Gasteiger partial charge in [0.05, 0.1) is 12.7 Å². The van der Waals surface area contributed by atoms with Crippen LogP contribution < -0.4 is 15.5 Å². The number of benzene rings is 1. The highest BCUT2D eigenvalue weighted by Crippen LogP contribution is 2.16. The zero-order valence-corrected chi connectivity index (χ0v) is 15.5. The standard InChI is InChI=1S/C19H23ClN4O2/c1-14-13-24(8-9-26-14)18-7-6-15(10-21-18)11-22-19(25)23-12-16-4-2-3-5-17(16)20/h2-7,10,14H,8-9,11-13H2,1H3,(H2,22,23,25). The lowest BCUT2D eigenvalue weighted by Crippen LogP contribution is -2.41. The van der Waals surface area contributed by atoms with Crippen LogP contribution in [0.4, 0.5) is 10.6 Å². The van der Waals surface area contributed by atoms with E-state index in [-0.39, 0.29) is 12.1 Å². The smallest absolute Gasteiger partial charge is 0.315 e. The number of aromatic nitrogens is 1. The van der Waals surface area contributed by atoms with E-state index in [0.29, 0.717) is 18.1 Å². The van der Waals surface area contributed by atoms with Gasteiger partial charge in [-0.3, -0.25) is 0 Å². The van der Waals surface area contributed by atoms with Gasteiger partial charge >= 0.3 is 6.03 Å². The van der Waals surface area contributed by atoms with Crippen LogP contribution in [0.3, 0.4) is 0 Å². The van der Waals surface area contributed by atoms with E-state index in [2.05, 4.69) is 27.4 Å². The average molecular weight is 375 g/mol. The molecule has 0 saturated carbocycles. The van der Waals surface area contributed by atoms with Crippen LogP contribution in [0.2, 0.25) is 5.02 Å². The number of urea groups is 1. The Bertz CT molecular complexity index is 739. The van der Waals surface area contributed by atoms with Crippen molar-refractivity contribution in [2.45, 2.75) is 26.1 Å². The number of rotatable bonds is 5. The zero-order chi connectivity index (χ0) is 18.4. The molecule has 0 aliphatic carbocycles. The van der Waals surface area contributed by atoms with Crippen LogP contribution in [0.25, 0.3) is 0 Å². The second-order valence-electron chi connectivity index (χ2n) is 6.28. The first kappa shape index (κ1) is 18.5. The lowest BCUT2D eigenvalue weighted by molar-refractivity contribution is 0.0529. The molecule has 2 amide bonds. The number of carbonyl (C=O) groups excluding carboxylic acids is 1. The predicted molar refractivity (Wildman–Crippen MR) is 102 cm³/mol. The highest BCUT2D eigenvalue weighted by atomic mass is 35.5. The number of anilines is 1. The molecule has 0 spiro atoms. The van der Waals surface area contributed by atoms with Crippen LogP contribution in [0.1, 0.15) is 18.1 Å². The maximum atomic E-state index is 11.9. The van der Waals surface area contributed by atoms with E-state index in [1.54, 1.807) is 12.3 Å². The molecule has 0 bridgehead atoms. The summed E-state index contributed by atoms with van der Waals surface area (Å²) in [7, 11) is 0. The van der Waals surface area contributed by atoms with Gasteiger partial charge in [-0.15, -0.1) is 0 Å². The van der Waals surface area contributed by atoms with E-state index in [1.807, 2.05) is 30.3 Å². The number of nitrogens with zero attached hydrogens (tertiary/aromatic N) is 2. The van der Waals surface area contributed by atoms with Crippen LogP contribution in [-0.2, 0) is 17.8 Å². The highest BCUT2D eigenvalue weighted by molar-refractivity contribution is 6.31. The number of pyridine rings is 1. The van der Waals surface area contributed by atoms with Crippen molar-refractivity contribution in [2.24, 2.45) is 0 Å². The summed E-state index contributed by atoms with van der Waals surface area (Å²) in [6.07, 6.45) is 2.01. The summed E-state index contributed by atoms with van der Waals surface area (Å²) >= 11 is 6.08. The molecule has 1 fully saturated rings. The first-order chi connectivity index (χ1) is 12.6. The maximum absolute atomic E-state index is 11.9. The van der Waals surface area contributed by atoms with Gasteiger partial charge in [0.1, 0.15) is 5.82 Å². The Morgan fingerprint density at radius 1 is 1.27 bits per heavy atom. The Kier molecular flexibility index (Phi) is 6.30. The Morgan fingerprint density at radius 3 is 2.81 bits per heavy atom. The van der Waals surface area contributed by atoms with Crippen molar-refractivity contribution in [1.29, 1.82) is 0 Å². The number of halogens is 1. The predicted octanol–water partition coefficient (Wildman–Crippen LogP) is 2.96. The minimum Gasteiger partial charge on any atom is -0.375 e. The lowest BCUT2D eigenvalue weighted by Gasteiger charge is -2.32. The molecular formula is C19H23ClN4O2. The SMILES string of the molecule is CC1CN(c2ccc(CNC(=O)NCc3ccccc3Cl)cn2)CCO1. The molecule has 2 N–H and O–H groups in total. The van der Waals surface area contributed by atoms with Crippen LogP contribution in [-0.4, -0.2) is 36.8 Å². The summed E-state index contributed by atoms with van der Waals surface area (Å²) in [6.45, 7) is 5.27. The summed E-state index contributed by atoms with van der Waals surface area (Å²) in [5, 5.41) is 6.27. The molecular weight excluding hydrogens is 352 g/mol. The van der Waals surface area contributed by atoms with Gasteiger partial charge in [0.25, 0.3) is 0 Å². The first-order valence-corrected chi connectivity index (χ1v) is 9.06. The van der Waals surface area contributed by atoms with E-state index in [1.165, 1.54) is 0 Å². The van der Waals surface area contributed by atoms with Gasteiger partial charge < -0.3 is 20.3 Å². The van der Waals surface area contributed by atoms with Crippen molar-refractivity contribution in [1.82, 2.24) is 15.6 Å². The number of ether oxygens (including phenoxy) is 1. The quantitative estimate of drug-likeness (QED) is 0.844. The van der Waals surface area contributed by atoms with Gasteiger partial charge in [0, 0.05) is 37.4 Å². The summed E-state index contributed by atoms with van der Waals surface area (Å²) in [5.74, 6) is 0.937. The summed E-state index contributed by atoms with van der Waals surface area (Å²) in [6, 6.07) is 11.2. The number of amides is 2. The summed E-state index contributed by atoms with van der Waals surface area (Å²) in [4.78, 5) is 18.7. The fourth-order valence-corrected chi connectivity index (χ4v) is 3.00. The second-order valence-corrected chi connectivity index (χ2v) is 6.69. The normalized spacial score (nSPS) is 17.0. The van der Waals surface area contributed by atoms with Crippen molar-refractivity contribution in [2.75, 3.05) is 24.6 Å². The van der Waals surface area contributed by atoms with Crippen LogP contribution >= 0.6 is 11.6 Å². The van der Waals surface area contributed by atoms with Crippen molar-refractivity contribution < 1.29 is 9.53 Å². The average Bonchev–Trinajstić information content (AvgIpc) is 2.66. The molecule has 2 heterocycles. The Balaban J connectivity index is 1.45. The second kappa shape index (κ2) is 8.87. The minimum absolute atomic E-state index is 0.216. The monoisotopic (exact) mass is 374 g/mol. The first-order valence-electron chi connectivity index (χ1n) is 8.68. The van der Waals surface area contributed by atoms with Crippen molar-refractivity contribution >= 4 is 23.4 Å². The third-order valence-corrected chi connectivity index (χ3v) is 4.59. The molecule has 1 aromatic carbocycles. The molecule has 1 atom stereocenters. The van der Waals surface area contributed by atoms with Gasteiger partial charge in [-0.2, -0.15) is 0 Å². The van der Waals surface area contributed by atoms with Gasteiger partial charge in [-0.1, -0.05) is 35.9 Å². The molecule has 0 radical (unpaired) electrons. The number of hydrogen-bond acceptors (Lipinski definition) is 4. The molecule has 1 aliphatic rings. The van der Waals surface area contributed by atoms with Crippen molar-refractivity contribution in [3.63, 3.8) is 0 Å². The third-order valence-electron chi connectivity index (χ3n) is 4.22. The molecule has 138 valence electrons. The molecule has 7 heteroatoms. The highest BCUT2D eigenvalue weighted by Gasteiger charge is 2.17. The molecule has 1 unspecified atom stereocenters. The number of carbonyl (C=O) groups is 1. The van der Waals surface area contributed by atoms with Crippen molar-refractivity contribution in [3.05, 3.63) is 58.7 Å². The molecule has 1 aromatic heterocycles. The molecule has 3 rings (SSSR count). The van der Waals surface area contributed by atoms with Gasteiger partial charge in [-0.05, 0) is 30.2 Å². The van der Waals surface area contributed by atoms with E-state index in [9.17, 15) is 4.79 Å². The Labute approximate surface area is 158 Å². The van der Waals surface area contributed by atoms with Gasteiger partial charge in [0.2, 0.25) is 0 Å². The number of morpholine rings is 1. The van der Waals surface area contributed by atoms with Crippen LogP contribution in [0, 0.1) is 0 Å². The third kappa shape index (κ3) is 5.09. The topological polar surface area (TPSA) is 66.5 Å². The lowest BCUT2D eigenvalue weighted by atomic mass is 10.2. The number of hydrogen-bond donors (Lipinski definition) is 2. The molecule has 1 aliphatic heterocycles. The minimum atomic E-state index is -0.240. The zero-order valence-electron chi connectivity index (χ0n) is 14.7. The fraction of sp³-hybridized carbons (Fsp3) is 0.368. The number of nitrogens with one attached hydrogen (secondary N) is 2. The fourth-order valence-electron chi connectivity index (χ4n) is 2.80. The summed E-state index contributed by atoms with van der Waals surface area (Å²) < 4.78 is 5.55. The van der Waals surface area contributed by atoms with Gasteiger partial charge in [0.15, 0.2) is 0 Å². The van der Waals surface area contributed by atoms with E-state index >= 15 is 0 Å². The molecule has 26 heavy (non-hydrogen) atoms. The molecule has 1 saturated heterocycles. The Morgan fingerprint density at radius 2 is 2.08 bits per heavy atom. The Hall–Kier alpha value is -2.31. The van der Waals surface area contributed by atoms with Crippen molar-refractivity contribution in [3.8, 4) is 0 Å². The van der Waals surface area contributed by atoms with E-state index < -0.39 is 0 Å². The summed E-state index contributed by atoms with van der Waals surface area (Å²) in [5.41, 5.74) is 1.83. The van der Waals surface area contributed by atoms with Crippen LogP contribution in [0.5, 0.6) is 0 Å². The molecule has 2 aromatic rings.